The van der Waals surface area contributed by atoms with Crippen molar-refractivity contribution in [3.05, 3.63) is 10.9 Å². The summed E-state index contributed by atoms with van der Waals surface area (Å²) in [6, 6.07) is 2.01. The molecule has 0 aliphatic rings. The van der Waals surface area contributed by atoms with Gasteiger partial charge in [0.2, 0.25) is 5.88 Å². The lowest BCUT2D eigenvalue weighted by Gasteiger charge is -2.03. The largest absolute Gasteiger partial charge is 0.480 e. The number of hydrazine groups is 1. The van der Waals surface area contributed by atoms with Crippen LogP contribution in [0.1, 0.15) is 17.8 Å². The molecule has 1 heterocycles. The van der Waals surface area contributed by atoms with E-state index in [1.807, 2.05) is 13.0 Å². The molecule has 0 aromatic carbocycles. The lowest BCUT2D eigenvalue weighted by atomic mass is 10.3. The summed E-state index contributed by atoms with van der Waals surface area (Å²) >= 11 is 1.39. The monoisotopic (exact) mass is 173 g/mol. The van der Waals surface area contributed by atoms with Crippen molar-refractivity contribution < 1.29 is 4.74 Å². The van der Waals surface area contributed by atoms with Crippen LogP contribution in [0.4, 0.5) is 0 Å². The first kappa shape index (κ1) is 8.45. The van der Waals surface area contributed by atoms with Crippen molar-refractivity contribution in [2.75, 3.05) is 7.11 Å². The summed E-state index contributed by atoms with van der Waals surface area (Å²) in [5.74, 6) is 5.89. The van der Waals surface area contributed by atoms with Gasteiger partial charge in [0.05, 0.1) is 13.2 Å². The molecular weight excluding hydrogens is 162 g/mol. The van der Waals surface area contributed by atoms with Crippen molar-refractivity contribution in [1.82, 2.24) is 9.80 Å². The van der Waals surface area contributed by atoms with Gasteiger partial charge >= 0.3 is 0 Å². The molecule has 0 amide bonds. The lowest BCUT2D eigenvalue weighted by molar-refractivity contribution is 0.402. The van der Waals surface area contributed by atoms with E-state index in [-0.39, 0.29) is 6.04 Å². The molecule has 4 nitrogen and oxygen atoms in total. The molecular formula is C6H11N3OS. The lowest BCUT2D eigenvalue weighted by Crippen LogP contribution is -2.24. The molecule has 1 aromatic heterocycles. The van der Waals surface area contributed by atoms with Crippen LogP contribution in [0.25, 0.3) is 0 Å². The molecule has 0 spiro atoms. The average Bonchev–Trinajstić information content (AvgIpc) is 2.50. The number of nitrogens with one attached hydrogen (secondary N) is 1. The molecule has 0 aliphatic carbocycles. The van der Waals surface area contributed by atoms with Crippen molar-refractivity contribution in [3.8, 4) is 5.88 Å². The minimum atomic E-state index is 0.136. The molecule has 3 N–H and O–H groups in total. The SMILES string of the molecule is COc1cc(C(C)NN)sn1. The normalized spacial score (nSPS) is 13.0. The van der Waals surface area contributed by atoms with Crippen LogP contribution in [0.5, 0.6) is 5.88 Å². The van der Waals surface area contributed by atoms with Crippen molar-refractivity contribution in [2.24, 2.45) is 5.84 Å². The van der Waals surface area contributed by atoms with E-state index in [0.29, 0.717) is 5.88 Å². The van der Waals surface area contributed by atoms with Gasteiger partial charge in [-0.1, -0.05) is 0 Å². The summed E-state index contributed by atoms with van der Waals surface area (Å²) in [6.45, 7) is 1.97. The zero-order valence-corrected chi connectivity index (χ0v) is 7.31. The third-order valence-corrected chi connectivity index (χ3v) is 2.35. The van der Waals surface area contributed by atoms with Gasteiger partial charge < -0.3 is 4.74 Å². The Morgan fingerprint density at radius 2 is 2.55 bits per heavy atom. The Morgan fingerprint density at radius 1 is 1.82 bits per heavy atom. The van der Waals surface area contributed by atoms with Crippen molar-refractivity contribution >= 4 is 11.5 Å². The second-order valence-electron chi connectivity index (χ2n) is 2.16. The van der Waals surface area contributed by atoms with Crippen LogP contribution in [0.15, 0.2) is 6.07 Å². The van der Waals surface area contributed by atoms with Gasteiger partial charge in [-0.2, -0.15) is 4.37 Å². The van der Waals surface area contributed by atoms with E-state index in [1.165, 1.54) is 11.5 Å². The fourth-order valence-corrected chi connectivity index (χ4v) is 1.36. The second kappa shape index (κ2) is 3.66. The molecule has 62 valence electrons. The topological polar surface area (TPSA) is 60.2 Å². The molecule has 11 heavy (non-hydrogen) atoms. The molecule has 1 aromatic rings. The number of rotatable bonds is 3. The summed E-state index contributed by atoms with van der Waals surface area (Å²) < 4.78 is 8.95. The minimum Gasteiger partial charge on any atom is -0.480 e. The van der Waals surface area contributed by atoms with Crippen LogP contribution >= 0.6 is 11.5 Å². The first-order chi connectivity index (χ1) is 5.27. The maximum atomic E-state index is 5.24. The number of nitrogens with two attached hydrogens (primary N) is 1. The van der Waals surface area contributed by atoms with Crippen LogP contribution in [0.3, 0.4) is 0 Å². The highest BCUT2D eigenvalue weighted by Gasteiger charge is 2.07. The first-order valence-electron chi connectivity index (χ1n) is 3.24. The molecule has 1 rings (SSSR count). The third-order valence-electron chi connectivity index (χ3n) is 1.39. The summed E-state index contributed by atoms with van der Waals surface area (Å²) in [5.41, 5.74) is 2.63. The number of hydrogen-bond acceptors (Lipinski definition) is 5. The van der Waals surface area contributed by atoms with E-state index >= 15 is 0 Å². The maximum absolute atomic E-state index is 5.24. The van der Waals surface area contributed by atoms with Gasteiger partial charge in [0, 0.05) is 10.9 Å². The Hall–Kier alpha value is -0.650. The van der Waals surface area contributed by atoms with Crippen LogP contribution in [-0.2, 0) is 0 Å². The van der Waals surface area contributed by atoms with E-state index < -0.39 is 0 Å². The van der Waals surface area contributed by atoms with Crippen molar-refractivity contribution in [3.63, 3.8) is 0 Å². The van der Waals surface area contributed by atoms with Crippen molar-refractivity contribution in [1.29, 1.82) is 0 Å². The fraction of sp³-hybridized carbons (Fsp3) is 0.500. The zero-order chi connectivity index (χ0) is 8.27. The van der Waals surface area contributed by atoms with Crippen LogP contribution < -0.4 is 16.0 Å². The summed E-state index contributed by atoms with van der Waals surface area (Å²) in [6.07, 6.45) is 0. The summed E-state index contributed by atoms with van der Waals surface area (Å²) in [7, 11) is 1.60. The molecule has 0 radical (unpaired) electrons. The predicted octanol–water partition coefficient (Wildman–Crippen LogP) is 0.676. The predicted molar refractivity (Wildman–Crippen MR) is 44.4 cm³/mol. The first-order valence-corrected chi connectivity index (χ1v) is 4.02. The quantitative estimate of drug-likeness (QED) is 0.521. The minimum absolute atomic E-state index is 0.136. The Kier molecular flexibility index (Phi) is 2.81. The molecule has 0 aliphatic heterocycles. The average molecular weight is 173 g/mol. The highest BCUT2D eigenvalue weighted by molar-refractivity contribution is 7.06. The van der Waals surface area contributed by atoms with Crippen molar-refractivity contribution in [2.45, 2.75) is 13.0 Å². The van der Waals surface area contributed by atoms with E-state index in [2.05, 4.69) is 9.80 Å². The Balaban J connectivity index is 2.71. The van der Waals surface area contributed by atoms with E-state index in [4.69, 9.17) is 10.6 Å². The van der Waals surface area contributed by atoms with Gasteiger partial charge in [0.1, 0.15) is 0 Å². The number of ether oxygens (including phenoxy) is 1. The molecule has 5 heteroatoms. The molecule has 1 atom stereocenters. The molecule has 0 saturated heterocycles. The van der Waals surface area contributed by atoms with Gasteiger partial charge in [-0.3, -0.25) is 11.3 Å². The van der Waals surface area contributed by atoms with Crippen LogP contribution in [-0.4, -0.2) is 11.5 Å². The number of aromatic nitrogens is 1. The third kappa shape index (κ3) is 1.89. The smallest absolute Gasteiger partial charge is 0.225 e. The van der Waals surface area contributed by atoms with Crippen LogP contribution in [0, 0.1) is 0 Å². The van der Waals surface area contributed by atoms with Gasteiger partial charge in [-0.15, -0.1) is 0 Å². The molecule has 0 saturated carbocycles. The Labute approximate surface area is 69.5 Å². The summed E-state index contributed by atoms with van der Waals surface area (Å²) in [5, 5.41) is 0. The number of methoxy groups -OCH3 is 1. The Bertz CT molecular complexity index is 225. The van der Waals surface area contributed by atoms with E-state index in [9.17, 15) is 0 Å². The van der Waals surface area contributed by atoms with E-state index in [0.717, 1.165) is 4.88 Å². The molecule has 0 fully saturated rings. The Morgan fingerprint density at radius 3 is 3.00 bits per heavy atom. The highest BCUT2D eigenvalue weighted by Crippen LogP contribution is 2.21. The number of hydrogen-bond donors (Lipinski definition) is 2. The highest BCUT2D eigenvalue weighted by atomic mass is 32.1. The van der Waals surface area contributed by atoms with Crippen LogP contribution in [0.2, 0.25) is 0 Å². The molecule has 0 bridgehead atoms. The van der Waals surface area contributed by atoms with Gasteiger partial charge in [0.25, 0.3) is 0 Å². The number of nitrogens with zero attached hydrogens (tertiary/aromatic N) is 1. The van der Waals surface area contributed by atoms with E-state index in [1.54, 1.807) is 7.11 Å². The zero-order valence-electron chi connectivity index (χ0n) is 6.50. The maximum Gasteiger partial charge on any atom is 0.225 e. The van der Waals surface area contributed by atoms with Gasteiger partial charge in [-0.25, -0.2) is 0 Å². The summed E-state index contributed by atoms with van der Waals surface area (Å²) in [4.78, 5) is 1.07. The molecule has 1 unspecified atom stereocenters. The van der Waals surface area contributed by atoms with Gasteiger partial charge in [-0.05, 0) is 18.5 Å². The standard InChI is InChI=1S/C6H11N3OS/c1-4(8-7)5-3-6(10-2)9-11-5/h3-4,8H,7H2,1-2H3. The van der Waals surface area contributed by atoms with Gasteiger partial charge in [0.15, 0.2) is 0 Å². The second-order valence-corrected chi connectivity index (χ2v) is 3.00. The fourth-order valence-electron chi connectivity index (χ4n) is 0.654.